The second-order valence-electron chi connectivity index (χ2n) is 2.01. The van der Waals surface area contributed by atoms with E-state index < -0.39 is 0 Å². The van der Waals surface area contributed by atoms with E-state index >= 15 is 0 Å². The van der Waals surface area contributed by atoms with E-state index in [0.717, 1.165) is 16.6 Å². The minimum atomic E-state index is 0.940. The molecule has 0 aliphatic carbocycles. The Kier molecular flexibility index (Phi) is 3.47. The van der Waals surface area contributed by atoms with Crippen LogP contribution in [-0.4, -0.2) is 21.5 Å². The fourth-order valence-corrected chi connectivity index (χ4v) is 1.89. The third kappa shape index (κ3) is 2.57. The molecule has 3 heteroatoms. The van der Waals surface area contributed by atoms with Crippen LogP contribution in [0.1, 0.15) is 6.92 Å². The summed E-state index contributed by atoms with van der Waals surface area (Å²) in [5, 5.41) is 0. The first-order chi connectivity index (χ1) is 5.34. The molecule has 0 unspecified atom stereocenters. The Hall–Kier alpha value is -0.460. The van der Waals surface area contributed by atoms with Gasteiger partial charge in [-0.25, -0.2) is 0 Å². The Balaban J connectivity index is 2.62. The molecule has 1 aliphatic rings. The number of allylic oxidation sites excluding steroid dienone is 1. The van der Waals surface area contributed by atoms with Crippen molar-refractivity contribution in [3.63, 3.8) is 0 Å². The van der Waals surface area contributed by atoms with E-state index in [1.165, 1.54) is 0 Å². The first-order valence-corrected chi connectivity index (χ1v) is 4.79. The summed E-state index contributed by atoms with van der Waals surface area (Å²) in [7, 11) is 0. The number of thiocarbonyl (C=S) groups is 1. The number of nitrogens with zero attached hydrogens (tertiary/aromatic N) is 1. The molecule has 1 nitrogen and oxygen atoms in total. The highest BCUT2D eigenvalue weighted by Crippen LogP contribution is 2.17. The lowest BCUT2D eigenvalue weighted by Gasteiger charge is -2.06. The molecule has 0 amide bonds. The number of hydrogen-bond acceptors (Lipinski definition) is 2. The maximum atomic E-state index is 5.07. The zero-order valence-corrected chi connectivity index (χ0v) is 7.97. The van der Waals surface area contributed by atoms with Crippen molar-refractivity contribution in [1.29, 1.82) is 0 Å². The second-order valence-corrected chi connectivity index (χ2v) is 3.74. The predicted molar refractivity (Wildman–Crippen MR) is 53.6 cm³/mol. The summed E-state index contributed by atoms with van der Waals surface area (Å²) in [6.07, 6.45) is 3.67. The lowest BCUT2D eigenvalue weighted by molar-refractivity contribution is 0.631. The van der Waals surface area contributed by atoms with Gasteiger partial charge in [0.1, 0.15) is 4.32 Å². The third-order valence-electron chi connectivity index (χ3n) is 1.24. The van der Waals surface area contributed by atoms with Crippen molar-refractivity contribution < 1.29 is 0 Å². The molecule has 0 aromatic carbocycles. The Labute approximate surface area is 76.5 Å². The van der Waals surface area contributed by atoms with E-state index in [4.69, 9.17) is 12.2 Å². The molecule has 0 aromatic heterocycles. The highest BCUT2D eigenvalue weighted by molar-refractivity contribution is 8.23. The number of thioether (sulfide) groups is 1. The van der Waals surface area contributed by atoms with Crippen LogP contribution in [0.5, 0.6) is 0 Å². The summed E-state index contributed by atoms with van der Waals surface area (Å²) in [5.74, 6) is 1.09. The van der Waals surface area contributed by atoms with Gasteiger partial charge in [0.05, 0.1) is 6.20 Å². The van der Waals surface area contributed by atoms with Gasteiger partial charge >= 0.3 is 0 Å². The van der Waals surface area contributed by atoms with Gasteiger partial charge in [0, 0.05) is 12.3 Å². The van der Waals surface area contributed by atoms with E-state index in [1.807, 2.05) is 24.1 Å². The molecule has 0 radical (unpaired) electrons. The molecule has 11 heavy (non-hydrogen) atoms. The van der Waals surface area contributed by atoms with Crippen molar-refractivity contribution in [3.8, 4) is 0 Å². The molecule has 0 saturated carbocycles. The van der Waals surface area contributed by atoms with Crippen LogP contribution in [0.15, 0.2) is 23.7 Å². The highest BCUT2D eigenvalue weighted by atomic mass is 32.2. The van der Waals surface area contributed by atoms with Crippen LogP contribution in [0.2, 0.25) is 0 Å². The topological polar surface area (TPSA) is 3.24 Å². The quantitative estimate of drug-likeness (QED) is 0.453. The van der Waals surface area contributed by atoms with Crippen molar-refractivity contribution >= 4 is 28.3 Å². The average Bonchev–Trinajstić information content (AvgIpc) is 2.37. The fourth-order valence-electron chi connectivity index (χ4n) is 0.721. The number of hydrogen-bond donors (Lipinski definition) is 0. The molecule has 0 N–H and O–H groups in total. The minimum absolute atomic E-state index is 0.940. The van der Waals surface area contributed by atoms with E-state index in [2.05, 4.69) is 11.5 Å². The fraction of sp³-hybridized carbons (Fsp3) is 0.375. The van der Waals surface area contributed by atoms with Gasteiger partial charge in [0.25, 0.3) is 0 Å². The third-order valence-corrected chi connectivity index (χ3v) is 2.70. The van der Waals surface area contributed by atoms with Gasteiger partial charge in [-0.05, 0) is 13.0 Å². The molecular formula is C8H9NS2. The summed E-state index contributed by atoms with van der Waals surface area (Å²) < 4.78 is 0.940. The van der Waals surface area contributed by atoms with Crippen LogP contribution in [0.25, 0.3) is 0 Å². The Morgan fingerprint density at radius 2 is 2.45 bits per heavy atom. The van der Waals surface area contributed by atoms with Crippen molar-refractivity contribution in [2.75, 3.05) is 12.3 Å². The molecule has 58 valence electrons. The zero-order valence-electron chi connectivity index (χ0n) is 6.33. The van der Waals surface area contributed by atoms with Crippen molar-refractivity contribution in [3.05, 3.63) is 23.7 Å². The standard InChI is InChI=1S/C8H9NS2/c1-2-3-4-5-9-6-7-11-8(9)10/h2,5H,6-7H2,1H3. The molecule has 1 aliphatic heterocycles. The SMILES string of the molecule is CC=C=C=CN1CCSC1=S. The molecule has 0 bridgehead atoms. The van der Waals surface area contributed by atoms with Gasteiger partial charge in [0.15, 0.2) is 0 Å². The first-order valence-electron chi connectivity index (χ1n) is 3.40. The van der Waals surface area contributed by atoms with Crippen molar-refractivity contribution in [2.45, 2.75) is 6.92 Å². The Morgan fingerprint density at radius 1 is 1.64 bits per heavy atom. The Bertz CT molecular complexity index is 245. The molecule has 1 rings (SSSR count). The minimum Gasteiger partial charge on any atom is -0.325 e. The van der Waals surface area contributed by atoms with Crippen molar-refractivity contribution in [2.24, 2.45) is 0 Å². The predicted octanol–water partition coefficient (Wildman–Crippen LogP) is 2.16. The second kappa shape index (κ2) is 4.42. The lowest BCUT2D eigenvalue weighted by Crippen LogP contribution is -2.14. The first kappa shape index (κ1) is 8.63. The molecule has 1 heterocycles. The van der Waals surface area contributed by atoms with E-state index in [1.54, 1.807) is 11.8 Å². The molecule has 1 fully saturated rings. The summed E-state index contributed by atoms with van der Waals surface area (Å²) in [5.41, 5.74) is 5.76. The van der Waals surface area contributed by atoms with Crippen LogP contribution >= 0.6 is 24.0 Å². The van der Waals surface area contributed by atoms with Gasteiger partial charge in [0.2, 0.25) is 0 Å². The van der Waals surface area contributed by atoms with E-state index in [0.29, 0.717) is 0 Å². The summed E-state index contributed by atoms with van der Waals surface area (Å²) in [4.78, 5) is 2.01. The lowest BCUT2D eigenvalue weighted by atomic mass is 10.6. The maximum Gasteiger partial charge on any atom is 0.140 e. The van der Waals surface area contributed by atoms with Crippen LogP contribution in [0, 0.1) is 0 Å². The van der Waals surface area contributed by atoms with Gasteiger partial charge in [-0.2, -0.15) is 0 Å². The van der Waals surface area contributed by atoms with Crippen molar-refractivity contribution in [1.82, 2.24) is 4.90 Å². The van der Waals surface area contributed by atoms with Gasteiger partial charge in [-0.3, -0.25) is 0 Å². The van der Waals surface area contributed by atoms with Crippen LogP contribution in [0.4, 0.5) is 0 Å². The van der Waals surface area contributed by atoms with Crippen LogP contribution in [-0.2, 0) is 0 Å². The average molecular weight is 183 g/mol. The summed E-state index contributed by atoms with van der Waals surface area (Å²) in [6.45, 7) is 2.92. The van der Waals surface area contributed by atoms with Crippen LogP contribution in [0.3, 0.4) is 0 Å². The maximum absolute atomic E-state index is 5.07. The van der Waals surface area contributed by atoms with Gasteiger partial charge < -0.3 is 4.90 Å². The normalized spacial score (nSPS) is 15.7. The molecule has 0 aromatic rings. The van der Waals surface area contributed by atoms with E-state index in [9.17, 15) is 0 Å². The van der Waals surface area contributed by atoms with Gasteiger partial charge in [-0.15, -0.1) is 0 Å². The smallest absolute Gasteiger partial charge is 0.140 e. The monoisotopic (exact) mass is 183 g/mol. The Morgan fingerprint density at radius 3 is 3.00 bits per heavy atom. The molecule has 0 spiro atoms. The summed E-state index contributed by atoms with van der Waals surface area (Å²) >= 11 is 6.78. The summed E-state index contributed by atoms with van der Waals surface area (Å²) in [6, 6.07) is 0. The molecule has 0 atom stereocenters. The van der Waals surface area contributed by atoms with Crippen LogP contribution < -0.4 is 0 Å². The van der Waals surface area contributed by atoms with Gasteiger partial charge in [-0.1, -0.05) is 35.4 Å². The molecular weight excluding hydrogens is 174 g/mol. The molecule has 1 saturated heterocycles. The zero-order chi connectivity index (χ0) is 8.10. The number of rotatable bonds is 1. The highest BCUT2D eigenvalue weighted by Gasteiger charge is 2.13. The van der Waals surface area contributed by atoms with E-state index in [-0.39, 0.29) is 0 Å². The largest absolute Gasteiger partial charge is 0.325 e.